The Hall–Kier alpha value is -1.59. The van der Waals surface area contributed by atoms with Gasteiger partial charge in [-0.3, -0.25) is 14.4 Å². The fraction of sp³-hybridized carbons (Fsp3) is 0.812. The van der Waals surface area contributed by atoms with Crippen molar-refractivity contribution < 1.29 is 28.6 Å². The lowest BCUT2D eigenvalue weighted by Gasteiger charge is -2.34. The van der Waals surface area contributed by atoms with Gasteiger partial charge in [0.1, 0.15) is 0 Å². The van der Waals surface area contributed by atoms with Crippen LogP contribution in [0.3, 0.4) is 0 Å². The van der Waals surface area contributed by atoms with Crippen molar-refractivity contribution in [2.45, 2.75) is 45.8 Å². The molecule has 2 bridgehead atoms. The minimum atomic E-state index is -1.17. The summed E-state index contributed by atoms with van der Waals surface area (Å²) in [5.41, 5.74) is -0.622. The molecule has 5 unspecified atom stereocenters. The SMILES string of the molecule is CCC(C)(C)C(=O)OC12CC3CC1C(C(=O)O2)C3C(=O)OC. The predicted octanol–water partition coefficient (Wildman–Crippen LogP) is 1.66. The summed E-state index contributed by atoms with van der Waals surface area (Å²) in [4.78, 5) is 36.5. The normalized spacial score (nSPS) is 38.8. The monoisotopic (exact) mass is 310 g/mol. The number of hydrogen-bond donors (Lipinski definition) is 0. The maximum Gasteiger partial charge on any atom is 0.314 e. The molecule has 3 rings (SSSR count). The predicted molar refractivity (Wildman–Crippen MR) is 74.2 cm³/mol. The van der Waals surface area contributed by atoms with Crippen molar-refractivity contribution in [3.63, 3.8) is 0 Å². The zero-order chi connectivity index (χ0) is 16.3. The van der Waals surface area contributed by atoms with Crippen molar-refractivity contribution >= 4 is 17.9 Å². The molecule has 2 aliphatic carbocycles. The van der Waals surface area contributed by atoms with Gasteiger partial charge < -0.3 is 14.2 Å². The van der Waals surface area contributed by atoms with Crippen molar-refractivity contribution in [2.75, 3.05) is 7.11 Å². The molecule has 0 aromatic heterocycles. The third-order valence-electron chi connectivity index (χ3n) is 5.72. The second-order valence-corrected chi connectivity index (χ2v) is 7.24. The molecule has 0 radical (unpaired) electrons. The van der Waals surface area contributed by atoms with Crippen LogP contribution in [-0.2, 0) is 28.6 Å². The molecule has 22 heavy (non-hydrogen) atoms. The fourth-order valence-corrected chi connectivity index (χ4v) is 4.06. The van der Waals surface area contributed by atoms with Crippen LogP contribution in [0, 0.1) is 29.1 Å². The lowest BCUT2D eigenvalue weighted by atomic mass is 9.78. The van der Waals surface area contributed by atoms with Gasteiger partial charge in [0.25, 0.3) is 5.79 Å². The molecule has 1 aliphatic heterocycles. The zero-order valence-electron chi connectivity index (χ0n) is 13.4. The van der Waals surface area contributed by atoms with Crippen LogP contribution in [-0.4, -0.2) is 30.8 Å². The third kappa shape index (κ3) is 1.88. The maximum absolute atomic E-state index is 12.4. The Kier molecular flexibility index (Phi) is 3.27. The molecule has 2 saturated carbocycles. The Bertz CT molecular complexity index is 539. The van der Waals surface area contributed by atoms with Crippen molar-refractivity contribution in [2.24, 2.45) is 29.1 Å². The van der Waals surface area contributed by atoms with Crippen LogP contribution in [0.2, 0.25) is 0 Å². The van der Waals surface area contributed by atoms with E-state index in [0.29, 0.717) is 19.3 Å². The first-order valence-corrected chi connectivity index (χ1v) is 7.80. The Morgan fingerprint density at radius 2 is 2.09 bits per heavy atom. The van der Waals surface area contributed by atoms with E-state index in [1.807, 2.05) is 20.8 Å². The van der Waals surface area contributed by atoms with Crippen LogP contribution in [0.15, 0.2) is 0 Å². The van der Waals surface area contributed by atoms with Crippen LogP contribution in [0.5, 0.6) is 0 Å². The standard InChI is InChI=1S/C16H22O6/c1-5-15(2,3)14(19)22-16-7-8-6-9(16)11(13(18)21-16)10(8)12(17)20-4/h8-11H,5-7H2,1-4H3. The molecule has 3 fully saturated rings. The summed E-state index contributed by atoms with van der Waals surface area (Å²) in [5, 5.41) is 0. The van der Waals surface area contributed by atoms with E-state index < -0.39 is 29.0 Å². The highest BCUT2D eigenvalue weighted by atomic mass is 16.7. The average molecular weight is 310 g/mol. The van der Waals surface area contributed by atoms with Gasteiger partial charge in [-0.05, 0) is 32.6 Å². The van der Waals surface area contributed by atoms with Crippen molar-refractivity contribution in [3.05, 3.63) is 0 Å². The molecule has 6 nitrogen and oxygen atoms in total. The summed E-state index contributed by atoms with van der Waals surface area (Å²) in [5.74, 6) is -3.59. The second kappa shape index (κ2) is 4.70. The van der Waals surface area contributed by atoms with Gasteiger partial charge >= 0.3 is 17.9 Å². The van der Waals surface area contributed by atoms with Crippen LogP contribution >= 0.6 is 0 Å². The number of esters is 3. The van der Waals surface area contributed by atoms with Crippen molar-refractivity contribution in [1.82, 2.24) is 0 Å². The van der Waals surface area contributed by atoms with E-state index in [1.54, 1.807) is 0 Å². The quantitative estimate of drug-likeness (QED) is 0.735. The minimum Gasteiger partial charge on any atom is -0.469 e. The summed E-state index contributed by atoms with van der Waals surface area (Å²) in [6, 6.07) is 0. The molecule has 0 spiro atoms. The number of carbonyl (C=O) groups excluding carboxylic acids is 3. The molecule has 0 aromatic rings. The van der Waals surface area contributed by atoms with Gasteiger partial charge in [0.2, 0.25) is 0 Å². The van der Waals surface area contributed by atoms with E-state index in [9.17, 15) is 14.4 Å². The number of rotatable bonds is 4. The fourth-order valence-electron chi connectivity index (χ4n) is 4.06. The van der Waals surface area contributed by atoms with E-state index in [0.717, 1.165) is 0 Å². The summed E-state index contributed by atoms with van der Waals surface area (Å²) < 4.78 is 16.0. The van der Waals surface area contributed by atoms with Gasteiger partial charge in [0.05, 0.1) is 30.3 Å². The molecule has 1 saturated heterocycles. The highest BCUT2D eigenvalue weighted by Crippen LogP contribution is 2.63. The average Bonchev–Trinajstić information content (AvgIpc) is 3.04. The summed E-state index contributed by atoms with van der Waals surface area (Å²) in [7, 11) is 1.33. The molecular formula is C16H22O6. The van der Waals surface area contributed by atoms with Gasteiger partial charge in [0, 0.05) is 6.42 Å². The molecule has 3 aliphatic rings. The smallest absolute Gasteiger partial charge is 0.314 e. The van der Waals surface area contributed by atoms with E-state index in [2.05, 4.69) is 0 Å². The van der Waals surface area contributed by atoms with Crippen molar-refractivity contribution in [1.29, 1.82) is 0 Å². The van der Waals surface area contributed by atoms with Crippen LogP contribution < -0.4 is 0 Å². The Morgan fingerprint density at radius 3 is 2.68 bits per heavy atom. The molecule has 1 heterocycles. The third-order valence-corrected chi connectivity index (χ3v) is 5.72. The number of fused-ring (bicyclic) bond motifs is 1. The zero-order valence-corrected chi connectivity index (χ0v) is 13.4. The van der Waals surface area contributed by atoms with E-state index in [4.69, 9.17) is 14.2 Å². The molecule has 122 valence electrons. The molecule has 0 amide bonds. The van der Waals surface area contributed by atoms with Gasteiger partial charge in [-0.25, -0.2) is 0 Å². The minimum absolute atomic E-state index is 0.0218. The first kappa shape index (κ1) is 15.3. The molecule has 0 aromatic carbocycles. The Balaban J connectivity index is 1.84. The highest BCUT2D eigenvalue weighted by Gasteiger charge is 2.73. The number of ether oxygens (including phenoxy) is 3. The Morgan fingerprint density at radius 1 is 1.41 bits per heavy atom. The van der Waals surface area contributed by atoms with E-state index in [-0.39, 0.29) is 23.8 Å². The molecule has 6 heteroatoms. The van der Waals surface area contributed by atoms with E-state index in [1.165, 1.54) is 7.11 Å². The first-order chi connectivity index (χ1) is 10.3. The lowest BCUT2D eigenvalue weighted by Crippen LogP contribution is -2.45. The summed E-state index contributed by atoms with van der Waals surface area (Å²) in [6.45, 7) is 5.53. The lowest BCUT2D eigenvalue weighted by molar-refractivity contribution is -0.230. The molecular weight excluding hydrogens is 288 g/mol. The Labute approximate surface area is 129 Å². The van der Waals surface area contributed by atoms with Gasteiger partial charge in [-0.15, -0.1) is 0 Å². The number of carbonyl (C=O) groups is 3. The summed E-state index contributed by atoms with van der Waals surface area (Å²) in [6.07, 6.45) is 1.69. The molecule has 0 N–H and O–H groups in total. The first-order valence-electron chi connectivity index (χ1n) is 7.80. The number of methoxy groups -OCH3 is 1. The van der Waals surface area contributed by atoms with Gasteiger partial charge in [-0.2, -0.15) is 0 Å². The van der Waals surface area contributed by atoms with Crippen LogP contribution in [0.4, 0.5) is 0 Å². The topological polar surface area (TPSA) is 78.9 Å². The van der Waals surface area contributed by atoms with Crippen LogP contribution in [0.1, 0.15) is 40.0 Å². The maximum atomic E-state index is 12.4. The van der Waals surface area contributed by atoms with Gasteiger partial charge in [0.15, 0.2) is 0 Å². The molecule has 5 atom stereocenters. The van der Waals surface area contributed by atoms with Crippen LogP contribution in [0.25, 0.3) is 0 Å². The second-order valence-electron chi connectivity index (χ2n) is 7.24. The van der Waals surface area contributed by atoms with Crippen molar-refractivity contribution in [3.8, 4) is 0 Å². The largest absolute Gasteiger partial charge is 0.469 e. The van der Waals surface area contributed by atoms with E-state index >= 15 is 0 Å². The number of hydrogen-bond acceptors (Lipinski definition) is 6. The summed E-state index contributed by atoms with van der Waals surface area (Å²) >= 11 is 0. The van der Waals surface area contributed by atoms with Gasteiger partial charge in [-0.1, -0.05) is 6.92 Å². The highest BCUT2D eigenvalue weighted by molar-refractivity contribution is 5.86.